The van der Waals surface area contributed by atoms with Crippen LogP contribution in [0.5, 0.6) is 5.88 Å². The van der Waals surface area contributed by atoms with Crippen LogP contribution in [0, 0.1) is 0 Å². The number of carbonyl (C=O) groups is 3. The third-order valence-corrected chi connectivity index (χ3v) is 5.89. The fourth-order valence-corrected chi connectivity index (χ4v) is 3.95. The minimum Gasteiger partial charge on any atom is -0.493 e. The minimum absolute atomic E-state index is 0.0302. The van der Waals surface area contributed by atoms with Crippen molar-refractivity contribution >= 4 is 34.8 Å². The van der Waals surface area contributed by atoms with Crippen molar-refractivity contribution in [3.8, 4) is 5.88 Å². The molecule has 0 saturated carbocycles. The van der Waals surface area contributed by atoms with E-state index in [9.17, 15) is 19.5 Å². The monoisotopic (exact) mass is 497 g/mol. The molecular formula is C25H31N5O6. The van der Waals surface area contributed by atoms with Gasteiger partial charge in [0, 0.05) is 23.6 Å². The van der Waals surface area contributed by atoms with Gasteiger partial charge in [0.25, 0.3) is 5.91 Å². The number of nitrogens with two attached hydrogens (primary N) is 1. The molecule has 1 amide bonds. The van der Waals surface area contributed by atoms with E-state index in [1.807, 2.05) is 13.8 Å². The molecule has 0 saturated heterocycles. The van der Waals surface area contributed by atoms with E-state index >= 15 is 0 Å². The molecule has 0 aliphatic rings. The van der Waals surface area contributed by atoms with E-state index in [4.69, 9.17) is 15.2 Å². The maximum absolute atomic E-state index is 12.9. The second kappa shape index (κ2) is 11.1. The van der Waals surface area contributed by atoms with Crippen LogP contribution >= 0.6 is 0 Å². The maximum Gasteiger partial charge on any atom is 0.328 e. The van der Waals surface area contributed by atoms with Crippen LogP contribution in [0.2, 0.25) is 0 Å². The van der Waals surface area contributed by atoms with Gasteiger partial charge in [-0.1, -0.05) is 26.0 Å². The molecule has 0 unspecified atom stereocenters. The molecule has 11 heteroatoms. The van der Waals surface area contributed by atoms with E-state index in [0.717, 1.165) is 11.1 Å². The van der Waals surface area contributed by atoms with E-state index < -0.39 is 29.3 Å². The molecule has 11 nitrogen and oxygen atoms in total. The molecule has 1 atom stereocenters. The van der Waals surface area contributed by atoms with E-state index in [1.54, 1.807) is 44.3 Å². The number of nitrogens with one attached hydrogen (secondary N) is 2. The Morgan fingerprint density at radius 3 is 2.42 bits per heavy atom. The largest absolute Gasteiger partial charge is 0.493 e. The number of carbonyl (C=O) groups excluding carboxylic acids is 3. The van der Waals surface area contributed by atoms with Gasteiger partial charge < -0.3 is 30.6 Å². The Morgan fingerprint density at radius 2 is 1.78 bits per heavy atom. The Balaban J connectivity index is 1.79. The number of aromatic nitrogens is 3. The summed E-state index contributed by atoms with van der Waals surface area (Å²) in [6, 6.07) is 5.88. The number of nitrogen functional groups attached to an aromatic ring is 1. The lowest BCUT2D eigenvalue weighted by molar-refractivity contribution is -0.146. The van der Waals surface area contributed by atoms with Gasteiger partial charge in [-0.05, 0) is 43.5 Å². The minimum atomic E-state index is -0.986. The fraction of sp³-hybridized carbons (Fsp3) is 0.400. The van der Waals surface area contributed by atoms with Crippen LogP contribution in [0.3, 0.4) is 0 Å². The van der Waals surface area contributed by atoms with Crippen LogP contribution in [0.15, 0.2) is 30.5 Å². The highest BCUT2D eigenvalue weighted by Gasteiger charge is 2.29. The van der Waals surface area contributed by atoms with Crippen molar-refractivity contribution in [2.75, 3.05) is 18.9 Å². The van der Waals surface area contributed by atoms with Gasteiger partial charge in [-0.3, -0.25) is 9.59 Å². The van der Waals surface area contributed by atoms with Gasteiger partial charge in [0.2, 0.25) is 11.8 Å². The van der Waals surface area contributed by atoms with Crippen molar-refractivity contribution in [3.63, 3.8) is 0 Å². The van der Waals surface area contributed by atoms with Gasteiger partial charge in [-0.25, -0.2) is 4.79 Å². The predicted molar refractivity (Wildman–Crippen MR) is 132 cm³/mol. The summed E-state index contributed by atoms with van der Waals surface area (Å²) in [7, 11) is 0. The molecule has 0 aliphatic carbocycles. The molecule has 3 rings (SSSR count). The van der Waals surface area contributed by atoms with Gasteiger partial charge in [-0.15, -0.1) is 0 Å². The summed E-state index contributed by atoms with van der Waals surface area (Å²) in [5.41, 5.74) is 7.41. The second-order valence-electron chi connectivity index (χ2n) is 8.66. The molecule has 192 valence electrons. The van der Waals surface area contributed by atoms with Crippen molar-refractivity contribution in [2.45, 2.75) is 52.0 Å². The number of H-pyrrole nitrogens is 1. The smallest absolute Gasteiger partial charge is 0.328 e. The van der Waals surface area contributed by atoms with Gasteiger partial charge >= 0.3 is 11.9 Å². The average molecular weight is 498 g/mol. The van der Waals surface area contributed by atoms with Gasteiger partial charge in [0.1, 0.15) is 11.7 Å². The zero-order valence-corrected chi connectivity index (χ0v) is 20.8. The summed E-state index contributed by atoms with van der Waals surface area (Å²) in [6.07, 6.45) is 1.77. The molecule has 0 aliphatic heterocycles. The van der Waals surface area contributed by atoms with E-state index in [1.165, 1.54) is 0 Å². The van der Waals surface area contributed by atoms with E-state index in [0.29, 0.717) is 16.6 Å². The van der Waals surface area contributed by atoms with E-state index in [-0.39, 0.29) is 37.9 Å². The summed E-state index contributed by atoms with van der Waals surface area (Å²) in [5.74, 6) is -1.80. The van der Waals surface area contributed by atoms with Crippen LogP contribution in [-0.2, 0) is 24.5 Å². The first kappa shape index (κ1) is 26.5. The molecule has 1 aromatic carbocycles. The number of fused-ring (bicyclic) bond motifs is 1. The van der Waals surface area contributed by atoms with Crippen LogP contribution in [-0.4, -0.2) is 57.2 Å². The van der Waals surface area contributed by atoms with Crippen molar-refractivity contribution in [1.82, 2.24) is 20.3 Å². The second-order valence-corrected chi connectivity index (χ2v) is 8.66. The number of nitrogens with zero attached hydrogens (tertiary/aromatic N) is 2. The number of rotatable bonds is 10. The zero-order valence-electron chi connectivity index (χ0n) is 20.8. The number of ether oxygens (including phenoxy) is 2. The quantitative estimate of drug-likeness (QED) is 0.307. The Bertz CT molecular complexity index is 1250. The first-order chi connectivity index (χ1) is 17.1. The standard InChI is InChI=1S/C25H31N5O6/c1-5-35-18(31)12-11-17(23(34)36-6-2)28-21(32)14-7-9-15(10-8-14)25(3,4)16-13-27-20-19(16)22(33)30-24(26)29-20/h7-10,13,17H,5-6,11-12H2,1-4H3,(H,28,32)(H4,26,27,29,30,33)/t17-/m0/s1. The number of hydrogen-bond acceptors (Lipinski definition) is 9. The first-order valence-electron chi connectivity index (χ1n) is 11.7. The van der Waals surface area contributed by atoms with Crippen molar-refractivity contribution in [3.05, 3.63) is 47.2 Å². The average Bonchev–Trinajstić information content (AvgIpc) is 3.27. The molecule has 5 N–H and O–H groups in total. The molecule has 2 heterocycles. The third kappa shape index (κ3) is 5.73. The number of aromatic amines is 1. The normalized spacial score (nSPS) is 12.2. The van der Waals surface area contributed by atoms with Crippen molar-refractivity contribution < 1.29 is 29.0 Å². The van der Waals surface area contributed by atoms with Crippen LogP contribution < -0.4 is 11.1 Å². The molecule has 0 spiro atoms. The molecule has 36 heavy (non-hydrogen) atoms. The SMILES string of the molecule is CCOC(=O)CC[C@H](NC(=O)c1ccc(C(C)(C)c2c[nH]c3nc(N)nc(O)c23)cc1)C(=O)OCC. The number of aromatic hydroxyl groups is 1. The highest BCUT2D eigenvalue weighted by molar-refractivity contribution is 5.97. The Kier molecular flexibility index (Phi) is 8.13. The van der Waals surface area contributed by atoms with Gasteiger partial charge in [-0.2, -0.15) is 9.97 Å². The first-order valence-corrected chi connectivity index (χ1v) is 11.7. The molecule has 0 bridgehead atoms. The van der Waals surface area contributed by atoms with Crippen LogP contribution in [0.25, 0.3) is 11.0 Å². The van der Waals surface area contributed by atoms with Crippen LogP contribution in [0.1, 0.15) is 62.0 Å². The fourth-order valence-electron chi connectivity index (χ4n) is 3.95. The molecule has 0 fully saturated rings. The molecule has 2 aromatic heterocycles. The summed E-state index contributed by atoms with van der Waals surface area (Å²) in [4.78, 5) is 47.9. The summed E-state index contributed by atoms with van der Waals surface area (Å²) in [6.45, 7) is 7.67. The Morgan fingerprint density at radius 1 is 1.11 bits per heavy atom. The number of hydrogen-bond donors (Lipinski definition) is 4. The number of esters is 2. The molecular weight excluding hydrogens is 466 g/mol. The summed E-state index contributed by atoms with van der Waals surface area (Å²) < 4.78 is 9.94. The lowest BCUT2D eigenvalue weighted by atomic mass is 9.78. The summed E-state index contributed by atoms with van der Waals surface area (Å²) >= 11 is 0. The third-order valence-electron chi connectivity index (χ3n) is 5.89. The van der Waals surface area contributed by atoms with E-state index in [2.05, 4.69) is 20.3 Å². The van der Waals surface area contributed by atoms with Crippen molar-refractivity contribution in [1.29, 1.82) is 0 Å². The lowest BCUT2D eigenvalue weighted by Gasteiger charge is -2.25. The lowest BCUT2D eigenvalue weighted by Crippen LogP contribution is -2.42. The van der Waals surface area contributed by atoms with Gasteiger partial charge in [0.05, 0.1) is 18.6 Å². The topological polar surface area (TPSA) is 170 Å². The van der Waals surface area contributed by atoms with Crippen LogP contribution in [0.4, 0.5) is 5.95 Å². The Labute approximate surface area is 208 Å². The number of amides is 1. The maximum atomic E-state index is 12.9. The molecule has 3 aromatic rings. The number of anilines is 1. The predicted octanol–water partition coefficient (Wildman–Crippen LogP) is 2.58. The van der Waals surface area contributed by atoms with Crippen molar-refractivity contribution in [2.24, 2.45) is 0 Å². The highest BCUT2D eigenvalue weighted by atomic mass is 16.5. The zero-order chi connectivity index (χ0) is 26.5. The number of benzene rings is 1. The Hall–Kier alpha value is -4.15. The molecule has 0 radical (unpaired) electrons. The van der Waals surface area contributed by atoms with Gasteiger partial charge in [0.15, 0.2) is 0 Å². The summed E-state index contributed by atoms with van der Waals surface area (Å²) in [5, 5.41) is 13.5. The highest BCUT2D eigenvalue weighted by Crippen LogP contribution is 2.38.